The van der Waals surface area contributed by atoms with Gasteiger partial charge in [-0.25, -0.2) is 57.1 Å². The van der Waals surface area contributed by atoms with Crippen LogP contribution < -0.4 is 10.1 Å². The third-order valence-corrected chi connectivity index (χ3v) is 5.30. The van der Waals surface area contributed by atoms with E-state index in [0.717, 1.165) is 0 Å². The van der Waals surface area contributed by atoms with E-state index in [1.165, 1.54) is 0 Å². The zero-order valence-electron chi connectivity index (χ0n) is 17.6. The summed E-state index contributed by atoms with van der Waals surface area (Å²) in [4.78, 5) is 0. The highest BCUT2D eigenvalue weighted by Gasteiger charge is 2.39. The molecule has 1 N–H and O–H groups in total. The van der Waals surface area contributed by atoms with E-state index in [9.17, 15) is 62.1 Å². The lowest BCUT2D eigenvalue weighted by molar-refractivity contribution is 0.379. The van der Waals surface area contributed by atoms with Gasteiger partial charge in [-0.15, -0.1) is 0 Å². The Bertz CT molecular complexity index is 1630. The van der Waals surface area contributed by atoms with Crippen LogP contribution in [-0.2, 0) is 0 Å². The number of benzene rings is 4. The van der Waals surface area contributed by atoms with Gasteiger partial charge in [0.1, 0.15) is 11.6 Å². The fraction of sp³-hybridized carbons (Fsp3) is 0. The Kier molecular flexibility index (Phi) is 6.72. The van der Waals surface area contributed by atoms with Gasteiger partial charge in [0, 0.05) is 16.4 Å². The van der Waals surface area contributed by atoms with Gasteiger partial charge in [0.2, 0.25) is 5.82 Å². The van der Waals surface area contributed by atoms with Crippen LogP contribution in [0.15, 0.2) is 18.2 Å². The van der Waals surface area contributed by atoms with Crippen LogP contribution in [0.4, 0.5) is 57.1 Å². The van der Waals surface area contributed by atoms with Crippen molar-refractivity contribution in [3.63, 3.8) is 0 Å². The molecule has 0 unspecified atom stereocenters. The van der Waals surface area contributed by atoms with E-state index in [1.54, 1.807) is 0 Å². The number of rotatable bonds is 4. The second-order valence-electron chi connectivity index (χ2n) is 7.41. The van der Waals surface area contributed by atoms with Crippen LogP contribution in [0.1, 0.15) is 0 Å². The monoisotopic (exact) mass is 558 g/mol. The lowest BCUT2D eigenvalue weighted by Crippen LogP contribution is -2.42. The standard InChI is InChI=1S/C22H4BF13O2/c24-5-1-2-7(4-3-6(25)12(26)13(27)8(4)5)38-23(37)11-9(14(28)18(32)21(35)17(11)31)10-15(29)19(33)22(36)20(34)16(10)30/h1-3,37H. The minimum Gasteiger partial charge on any atom is -0.532 e. The molecule has 0 saturated heterocycles. The van der Waals surface area contributed by atoms with E-state index in [0.29, 0.717) is 12.1 Å². The van der Waals surface area contributed by atoms with Crippen LogP contribution in [0.3, 0.4) is 0 Å². The van der Waals surface area contributed by atoms with Crippen LogP contribution in [0.25, 0.3) is 21.9 Å². The molecule has 0 atom stereocenters. The van der Waals surface area contributed by atoms with E-state index in [2.05, 4.69) is 0 Å². The van der Waals surface area contributed by atoms with Crippen molar-refractivity contribution in [3.05, 3.63) is 93.8 Å². The van der Waals surface area contributed by atoms with Crippen molar-refractivity contribution >= 4 is 23.4 Å². The summed E-state index contributed by atoms with van der Waals surface area (Å²) in [5, 5.41) is 8.04. The van der Waals surface area contributed by atoms with Gasteiger partial charge >= 0.3 is 7.12 Å². The quantitative estimate of drug-likeness (QED) is 0.143. The van der Waals surface area contributed by atoms with E-state index >= 15 is 0 Å². The molecule has 198 valence electrons. The lowest BCUT2D eigenvalue weighted by atomic mass is 9.73. The highest BCUT2D eigenvalue weighted by atomic mass is 19.2. The second kappa shape index (κ2) is 9.42. The Morgan fingerprint density at radius 2 is 0.974 bits per heavy atom. The number of fused-ring (bicyclic) bond motifs is 1. The molecule has 0 aromatic heterocycles. The summed E-state index contributed by atoms with van der Waals surface area (Å²) >= 11 is 0. The van der Waals surface area contributed by atoms with Crippen molar-refractivity contribution in [2.24, 2.45) is 0 Å². The molecule has 0 spiro atoms. The SMILES string of the molecule is OB(Oc1ccc(F)c2c(F)c(F)c(F)cc12)c1c(F)c(F)c(F)c(F)c1-c1c(F)c(F)c(F)c(F)c1F. The summed E-state index contributed by atoms with van der Waals surface area (Å²) < 4.78 is 187. The summed E-state index contributed by atoms with van der Waals surface area (Å²) in [6.45, 7) is 0. The Morgan fingerprint density at radius 3 is 1.53 bits per heavy atom. The van der Waals surface area contributed by atoms with Crippen molar-refractivity contribution in [1.29, 1.82) is 0 Å². The van der Waals surface area contributed by atoms with E-state index in [4.69, 9.17) is 4.65 Å². The van der Waals surface area contributed by atoms with Crippen LogP contribution in [-0.4, -0.2) is 12.1 Å². The molecule has 0 fully saturated rings. The average Bonchev–Trinajstić information content (AvgIpc) is 2.88. The first-order valence-electron chi connectivity index (χ1n) is 9.68. The molecule has 0 aliphatic carbocycles. The molecule has 2 nitrogen and oxygen atoms in total. The van der Waals surface area contributed by atoms with Gasteiger partial charge in [-0.2, -0.15) is 0 Å². The van der Waals surface area contributed by atoms with E-state index in [1.807, 2.05) is 0 Å². The third kappa shape index (κ3) is 3.90. The van der Waals surface area contributed by atoms with E-state index in [-0.39, 0.29) is 6.07 Å². The van der Waals surface area contributed by atoms with Crippen molar-refractivity contribution in [2.45, 2.75) is 0 Å². The largest absolute Gasteiger partial charge is 0.563 e. The maximum atomic E-state index is 14.7. The van der Waals surface area contributed by atoms with Crippen LogP contribution >= 0.6 is 0 Å². The van der Waals surface area contributed by atoms with Gasteiger partial charge in [-0.05, 0) is 18.2 Å². The summed E-state index contributed by atoms with van der Waals surface area (Å²) in [5.74, 6) is -33.6. The molecule has 0 aliphatic rings. The molecule has 4 aromatic carbocycles. The molecule has 4 aromatic rings. The Morgan fingerprint density at radius 1 is 0.500 bits per heavy atom. The van der Waals surface area contributed by atoms with Crippen LogP contribution in [0.5, 0.6) is 5.75 Å². The Labute approximate surface area is 201 Å². The second-order valence-corrected chi connectivity index (χ2v) is 7.41. The maximum Gasteiger partial charge on any atom is 0.563 e. The molecule has 0 amide bonds. The molecular weight excluding hydrogens is 554 g/mol. The van der Waals surface area contributed by atoms with Gasteiger partial charge < -0.3 is 9.68 Å². The molecule has 16 heteroatoms. The smallest absolute Gasteiger partial charge is 0.532 e. The van der Waals surface area contributed by atoms with Gasteiger partial charge in [-0.1, -0.05) is 0 Å². The summed E-state index contributed by atoms with van der Waals surface area (Å²) in [5.41, 5.74) is -6.65. The first-order chi connectivity index (χ1) is 17.7. The molecule has 0 radical (unpaired) electrons. The first kappa shape index (κ1) is 27.1. The van der Waals surface area contributed by atoms with E-state index < -0.39 is 116 Å². The number of halogens is 13. The zero-order chi connectivity index (χ0) is 28.4. The van der Waals surface area contributed by atoms with Gasteiger partial charge in [0.05, 0.1) is 10.9 Å². The van der Waals surface area contributed by atoms with Crippen molar-refractivity contribution in [2.75, 3.05) is 0 Å². The number of hydrogen-bond acceptors (Lipinski definition) is 2. The topological polar surface area (TPSA) is 29.5 Å². The first-order valence-corrected chi connectivity index (χ1v) is 9.68. The molecule has 0 heterocycles. The molecule has 0 bridgehead atoms. The highest BCUT2D eigenvalue weighted by molar-refractivity contribution is 6.62. The van der Waals surface area contributed by atoms with Crippen molar-refractivity contribution in [1.82, 2.24) is 0 Å². The predicted octanol–water partition coefficient (Wildman–Crippen LogP) is 6.08. The average molecular weight is 558 g/mol. The molecule has 0 aliphatic heterocycles. The van der Waals surface area contributed by atoms with Crippen molar-refractivity contribution < 1.29 is 66.8 Å². The lowest BCUT2D eigenvalue weighted by Gasteiger charge is -2.19. The Hall–Kier alpha value is -3.95. The maximum absolute atomic E-state index is 14.7. The van der Waals surface area contributed by atoms with Crippen molar-refractivity contribution in [3.8, 4) is 16.9 Å². The highest BCUT2D eigenvalue weighted by Crippen LogP contribution is 2.36. The van der Waals surface area contributed by atoms with Gasteiger partial charge in [0.15, 0.2) is 64.0 Å². The summed E-state index contributed by atoms with van der Waals surface area (Å²) in [7, 11) is -3.26. The molecular formula is C22H4BF13O2. The van der Waals surface area contributed by atoms with Gasteiger partial charge in [-0.3, -0.25) is 0 Å². The van der Waals surface area contributed by atoms with Crippen LogP contribution in [0, 0.1) is 75.6 Å². The molecule has 4 rings (SSSR count). The molecule has 38 heavy (non-hydrogen) atoms. The fourth-order valence-corrected chi connectivity index (χ4v) is 3.58. The molecule has 0 saturated carbocycles. The minimum atomic E-state index is -3.26. The Balaban J connectivity index is 2.02. The zero-order valence-corrected chi connectivity index (χ0v) is 17.6. The summed E-state index contributed by atoms with van der Waals surface area (Å²) in [6.07, 6.45) is 0. The summed E-state index contributed by atoms with van der Waals surface area (Å²) in [6, 6.07) is 0.938. The number of hydrogen-bond donors (Lipinski definition) is 1. The third-order valence-electron chi connectivity index (χ3n) is 5.30. The minimum absolute atomic E-state index is 0.117. The van der Waals surface area contributed by atoms with Crippen LogP contribution in [0.2, 0.25) is 0 Å². The van der Waals surface area contributed by atoms with Gasteiger partial charge in [0.25, 0.3) is 0 Å². The normalized spacial score (nSPS) is 11.4. The predicted molar refractivity (Wildman–Crippen MR) is 104 cm³/mol. The fourth-order valence-electron chi connectivity index (χ4n) is 3.58.